The molecule has 2 nitrogen and oxygen atoms in total. The molecule has 2 heteroatoms. The second-order valence-electron chi connectivity index (χ2n) is 4.18. The number of benzene rings is 1. The molecule has 1 aliphatic heterocycles. The van der Waals surface area contributed by atoms with Crippen molar-refractivity contribution in [3.05, 3.63) is 35.9 Å². The Morgan fingerprint density at radius 1 is 1.36 bits per heavy atom. The Bertz CT molecular complexity index is 337. The first-order valence-corrected chi connectivity index (χ1v) is 4.84. The molecule has 1 fully saturated rings. The van der Waals surface area contributed by atoms with E-state index >= 15 is 0 Å². The van der Waals surface area contributed by atoms with Crippen LogP contribution >= 0.6 is 0 Å². The van der Waals surface area contributed by atoms with Gasteiger partial charge in [-0.2, -0.15) is 0 Å². The van der Waals surface area contributed by atoms with E-state index in [1.807, 2.05) is 44.2 Å². The van der Waals surface area contributed by atoms with Crippen LogP contribution in [0.5, 0.6) is 0 Å². The fourth-order valence-corrected chi connectivity index (χ4v) is 1.60. The Morgan fingerprint density at radius 2 is 1.93 bits per heavy atom. The van der Waals surface area contributed by atoms with Gasteiger partial charge in [-0.05, 0) is 19.4 Å². The van der Waals surface area contributed by atoms with Crippen LogP contribution in [0.1, 0.15) is 19.4 Å². The molecule has 0 amide bonds. The molecule has 0 unspecified atom stereocenters. The third-order valence-electron chi connectivity index (χ3n) is 2.74. The molecule has 14 heavy (non-hydrogen) atoms. The zero-order valence-corrected chi connectivity index (χ0v) is 8.49. The summed E-state index contributed by atoms with van der Waals surface area (Å²) >= 11 is 0. The quantitative estimate of drug-likeness (QED) is 0.681. The van der Waals surface area contributed by atoms with Gasteiger partial charge in [0.1, 0.15) is 6.10 Å². The summed E-state index contributed by atoms with van der Waals surface area (Å²) in [7, 11) is 0. The van der Waals surface area contributed by atoms with Crippen molar-refractivity contribution in [2.75, 3.05) is 6.61 Å². The Hall–Kier alpha value is -1.15. The van der Waals surface area contributed by atoms with E-state index in [1.54, 1.807) is 0 Å². The molecular formula is C12H14O2. The average Bonchev–Trinajstić information content (AvgIpc) is 3.01. The highest BCUT2D eigenvalue weighted by molar-refractivity contribution is 5.94. The summed E-state index contributed by atoms with van der Waals surface area (Å²) in [5.74, 6) is 0.184. The zero-order valence-electron chi connectivity index (χ0n) is 8.49. The van der Waals surface area contributed by atoms with Crippen molar-refractivity contribution in [2.24, 2.45) is 0 Å². The molecule has 1 aliphatic rings. The third kappa shape index (κ3) is 1.58. The van der Waals surface area contributed by atoms with Crippen LogP contribution in [0.4, 0.5) is 0 Å². The van der Waals surface area contributed by atoms with Gasteiger partial charge >= 0.3 is 0 Å². The van der Waals surface area contributed by atoms with Gasteiger partial charge in [-0.15, -0.1) is 0 Å². The minimum Gasteiger partial charge on any atom is -0.365 e. The average molecular weight is 190 g/mol. The summed E-state index contributed by atoms with van der Waals surface area (Å²) in [4.78, 5) is 11.9. The molecular weight excluding hydrogens is 176 g/mol. The Morgan fingerprint density at radius 3 is 2.43 bits per heavy atom. The summed E-state index contributed by atoms with van der Waals surface area (Å²) in [6, 6.07) is 9.84. The van der Waals surface area contributed by atoms with Gasteiger partial charge in [0.15, 0.2) is 5.78 Å². The molecule has 0 N–H and O–H groups in total. The van der Waals surface area contributed by atoms with Crippen molar-refractivity contribution in [3.8, 4) is 0 Å². The first-order valence-electron chi connectivity index (χ1n) is 4.84. The van der Waals surface area contributed by atoms with Gasteiger partial charge in [0.25, 0.3) is 0 Å². The summed E-state index contributed by atoms with van der Waals surface area (Å²) in [6.45, 7) is 4.49. The van der Waals surface area contributed by atoms with E-state index in [0.717, 1.165) is 5.56 Å². The first kappa shape index (κ1) is 9.41. The fourth-order valence-electron chi connectivity index (χ4n) is 1.60. The molecule has 0 aliphatic carbocycles. The van der Waals surface area contributed by atoms with Gasteiger partial charge in [0.05, 0.1) is 12.0 Å². The highest BCUT2D eigenvalue weighted by Crippen LogP contribution is 2.29. The number of hydrogen-bond donors (Lipinski definition) is 0. The summed E-state index contributed by atoms with van der Waals surface area (Å²) in [5.41, 5.74) is 0.628. The van der Waals surface area contributed by atoms with E-state index in [9.17, 15) is 4.79 Å². The maximum Gasteiger partial charge on any atom is 0.173 e. The lowest BCUT2D eigenvalue weighted by atomic mass is 9.79. The van der Waals surface area contributed by atoms with Crippen molar-refractivity contribution >= 4 is 5.78 Å². The minimum absolute atomic E-state index is 0.162. The SMILES string of the molecule is CC(C)(C(=O)[C@H]1CO1)c1ccccc1. The van der Waals surface area contributed by atoms with E-state index in [1.165, 1.54) is 0 Å². The molecule has 1 saturated heterocycles. The van der Waals surface area contributed by atoms with Crippen LogP contribution in [0.15, 0.2) is 30.3 Å². The number of Topliss-reactive ketones (excluding diaryl/α,β-unsaturated/α-hetero) is 1. The number of ether oxygens (including phenoxy) is 1. The van der Waals surface area contributed by atoms with Gasteiger partial charge in [-0.25, -0.2) is 0 Å². The maximum atomic E-state index is 11.9. The molecule has 0 radical (unpaired) electrons. The van der Waals surface area contributed by atoms with Crippen molar-refractivity contribution in [2.45, 2.75) is 25.4 Å². The number of epoxide rings is 1. The maximum absolute atomic E-state index is 11.9. The fraction of sp³-hybridized carbons (Fsp3) is 0.417. The van der Waals surface area contributed by atoms with Gasteiger partial charge in [-0.3, -0.25) is 4.79 Å². The number of hydrogen-bond acceptors (Lipinski definition) is 2. The predicted molar refractivity (Wildman–Crippen MR) is 54.2 cm³/mol. The minimum atomic E-state index is -0.428. The molecule has 0 spiro atoms. The monoisotopic (exact) mass is 190 g/mol. The molecule has 0 saturated carbocycles. The van der Waals surface area contributed by atoms with Crippen LogP contribution < -0.4 is 0 Å². The summed E-state index contributed by atoms with van der Waals surface area (Å²) in [5, 5.41) is 0. The lowest BCUT2D eigenvalue weighted by molar-refractivity contribution is -0.124. The molecule has 1 aromatic carbocycles. The lowest BCUT2D eigenvalue weighted by Crippen LogP contribution is -2.32. The van der Waals surface area contributed by atoms with Crippen molar-refractivity contribution < 1.29 is 9.53 Å². The van der Waals surface area contributed by atoms with Crippen molar-refractivity contribution in [3.63, 3.8) is 0 Å². The van der Waals surface area contributed by atoms with Crippen LogP contribution in [0.25, 0.3) is 0 Å². The largest absolute Gasteiger partial charge is 0.365 e. The molecule has 0 aromatic heterocycles. The summed E-state index contributed by atoms with van der Waals surface area (Å²) < 4.78 is 5.03. The molecule has 0 bridgehead atoms. The van der Waals surface area contributed by atoms with Gasteiger partial charge in [0.2, 0.25) is 0 Å². The Labute approximate surface area is 83.9 Å². The van der Waals surface area contributed by atoms with E-state index < -0.39 is 5.41 Å². The molecule has 2 rings (SSSR count). The zero-order chi connectivity index (χ0) is 10.2. The van der Waals surface area contributed by atoms with Crippen molar-refractivity contribution in [1.82, 2.24) is 0 Å². The highest BCUT2D eigenvalue weighted by Gasteiger charge is 2.41. The van der Waals surface area contributed by atoms with E-state index in [0.29, 0.717) is 6.61 Å². The van der Waals surface area contributed by atoms with Gasteiger partial charge in [-0.1, -0.05) is 30.3 Å². The third-order valence-corrected chi connectivity index (χ3v) is 2.74. The molecule has 1 atom stereocenters. The first-order chi connectivity index (χ1) is 6.62. The number of rotatable bonds is 3. The van der Waals surface area contributed by atoms with Gasteiger partial charge < -0.3 is 4.74 Å². The van der Waals surface area contributed by atoms with Crippen molar-refractivity contribution in [1.29, 1.82) is 0 Å². The highest BCUT2D eigenvalue weighted by atomic mass is 16.6. The smallest absolute Gasteiger partial charge is 0.173 e. The molecule has 1 aromatic rings. The van der Waals surface area contributed by atoms with E-state index in [-0.39, 0.29) is 11.9 Å². The predicted octanol–water partition coefficient (Wildman–Crippen LogP) is 1.93. The van der Waals surface area contributed by atoms with E-state index in [2.05, 4.69) is 0 Å². The lowest BCUT2D eigenvalue weighted by Gasteiger charge is -2.22. The van der Waals surface area contributed by atoms with Crippen LogP contribution in [0.2, 0.25) is 0 Å². The van der Waals surface area contributed by atoms with E-state index in [4.69, 9.17) is 4.74 Å². The van der Waals surface area contributed by atoms with Crippen LogP contribution in [-0.4, -0.2) is 18.5 Å². The number of ketones is 1. The van der Waals surface area contributed by atoms with Crippen LogP contribution in [0.3, 0.4) is 0 Å². The standard InChI is InChI=1S/C12H14O2/c1-12(2,11(13)10-8-14-10)9-6-4-3-5-7-9/h3-7,10H,8H2,1-2H3/t10-/m1/s1. The van der Waals surface area contributed by atoms with Crippen LogP contribution in [0, 0.1) is 0 Å². The number of carbonyl (C=O) groups is 1. The second kappa shape index (κ2) is 3.21. The number of carbonyl (C=O) groups excluding carboxylic acids is 1. The topological polar surface area (TPSA) is 29.6 Å². The normalized spacial score (nSPS) is 20.6. The Kier molecular flexibility index (Phi) is 2.16. The molecule has 74 valence electrons. The van der Waals surface area contributed by atoms with Crippen LogP contribution in [-0.2, 0) is 14.9 Å². The Balaban J connectivity index is 2.27. The summed E-state index contributed by atoms with van der Waals surface area (Å²) in [6.07, 6.45) is -0.162. The second-order valence-corrected chi connectivity index (χ2v) is 4.18. The molecule has 1 heterocycles. The van der Waals surface area contributed by atoms with Gasteiger partial charge in [0, 0.05) is 0 Å².